The number of hydrogen-bond acceptors (Lipinski definition) is 5. The minimum Gasteiger partial charge on any atom is -0.369 e. The van der Waals surface area contributed by atoms with Gasteiger partial charge in [0.25, 0.3) is 5.91 Å². The van der Waals surface area contributed by atoms with Crippen molar-refractivity contribution >= 4 is 35.3 Å². The van der Waals surface area contributed by atoms with Crippen LogP contribution in [0.15, 0.2) is 36.8 Å². The first-order valence-corrected chi connectivity index (χ1v) is 8.90. The normalized spacial score (nSPS) is 16.7. The first kappa shape index (κ1) is 20.0. The molecule has 2 N–H and O–H groups in total. The summed E-state index contributed by atoms with van der Waals surface area (Å²) in [5.74, 6) is -0.933. The highest BCUT2D eigenvalue weighted by Crippen LogP contribution is 2.23. The first-order valence-electron chi connectivity index (χ1n) is 8.90. The van der Waals surface area contributed by atoms with Crippen LogP contribution in [0.2, 0.25) is 0 Å². The maximum absolute atomic E-state index is 14.5. The van der Waals surface area contributed by atoms with E-state index in [4.69, 9.17) is 0 Å². The number of aryl methyl sites for hydroxylation is 1. The SMILES string of the molecule is Cc1cn2cc(C(=O)Nc3ccc(N4CCNC(C)C4)cc3F)ncc2n1.Cl. The molecule has 1 aliphatic rings. The Morgan fingerprint density at radius 2 is 2.18 bits per heavy atom. The van der Waals surface area contributed by atoms with E-state index in [0.29, 0.717) is 11.7 Å². The Balaban J connectivity index is 0.00000225. The molecule has 1 saturated heterocycles. The Morgan fingerprint density at radius 1 is 1.36 bits per heavy atom. The van der Waals surface area contributed by atoms with Crippen molar-refractivity contribution in [3.8, 4) is 0 Å². The van der Waals surface area contributed by atoms with Crippen LogP contribution in [-0.4, -0.2) is 46.0 Å². The second-order valence-electron chi connectivity index (χ2n) is 6.84. The number of anilines is 2. The largest absolute Gasteiger partial charge is 0.369 e. The van der Waals surface area contributed by atoms with Crippen molar-refractivity contribution in [3.63, 3.8) is 0 Å². The molecule has 1 fully saturated rings. The van der Waals surface area contributed by atoms with Gasteiger partial charge in [-0.2, -0.15) is 0 Å². The average molecular weight is 405 g/mol. The number of nitrogens with zero attached hydrogens (tertiary/aromatic N) is 4. The molecule has 0 saturated carbocycles. The number of carbonyl (C=O) groups is 1. The highest BCUT2D eigenvalue weighted by molar-refractivity contribution is 6.02. The number of nitrogens with one attached hydrogen (secondary N) is 2. The van der Waals surface area contributed by atoms with Crippen molar-refractivity contribution in [1.29, 1.82) is 0 Å². The molecule has 148 valence electrons. The standard InChI is InChI=1S/C19H21FN6O.ClH/c1-12-9-25(6-5-21-12)14-3-4-16(15(20)7-14)24-19(27)17-11-26-10-13(2)23-18(26)8-22-17;/h3-4,7-8,10-12,21H,5-6,9H2,1-2H3,(H,24,27);1H. The van der Waals surface area contributed by atoms with Gasteiger partial charge in [0.05, 0.1) is 17.6 Å². The van der Waals surface area contributed by atoms with Gasteiger partial charge in [0.1, 0.15) is 11.5 Å². The number of fused-ring (bicyclic) bond motifs is 1. The third-order valence-corrected chi connectivity index (χ3v) is 4.63. The molecule has 7 nitrogen and oxygen atoms in total. The van der Waals surface area contributed by atoms with E-state index in [1.165, 1.54) is 12.3 Å². The van der Waals surface area contributed by atoms with E-state index in [1.54, 1.807) is 22.9 Å². The van der Waals surface area contributed by atoms with Crippen molar-refractivity contribution in [1.82, 2.24) is 19.7 Å². The van der Waals surface area contributed by atoms with E-state index in [1.807, 2.05) is 13.0 Å². The summed E-state index contributed by atoms with van der Waals surface area (Å²) < 4.78 is 16.3. The van der Waals surface area contributed by atoms with E-state index in [0.717, 1.165) is 31.0 Å². The van der Waals surface area contributed by atoms with Gasteiger partial charge < -0.3 is 19.9 Å². The molecule has 0 bridgehead atoms. The molecular weight excluding hydrogens is 383 g/mol. The van der Waals surface area contributed by atoms with Crippen molar-refractivity contribution in [2.45, 2.75) is 19.9 Å². The lowest BCUT2D eigenvalue weighted by Gasteiger charge is -2.33. The lowest BCUT2D eigenvalue weighted by molar-refractivity contribution is 0.102. The average Bonchev–Trinajstić information content (AvgIpc) is 3.02. The molecule has 3 heterocycles. The molecular formula is C19H22ClFN6O. The Hall–Kier alpha value is -2.71. The fourth-order valence-electron chi connectivity index (χ4n) is 3.30. The molecule has 1 amide bonds. The van der Waals surface area contributed by atoms with Crippen LogP contribution in [-0.2, 0) is 0 Å². The van der Waals surface area contributed by atoms with E-state index < -0.39 is 11.7 Å². The maximum atomic E-state index is 14.5. The van der Waals surface area contributed by atoms with Crippen molar-refractivity contribution in [2.75, 3.05) is 29.9 Å². The van der Waals surface area contributed by atoms with Crippen LogP contribution in [0.25, 0.3) is 5.65 Å². The van der Waals surface area contributed by atoms with Gasteiger partial charge in [0, 0.05) is 43.8 Å². The van der Waals surface area contributed by atoms with Gasteiger partial charge in [-0.15, -0.1) is 12.4 Å². The van der Waals surface area contributed by atoms with Crippen LogP contribution in [0.5, 0.6) is 0 Å². The first-order chi connectivity index (χ1) is 13.0. The third kappa shape index (κ3) is 4.07. The monoisotopic (exact) mass is 404 g/mol. The van der Waals surface area contributed by atoms with Gasteiger partial charge in [-0.3, -0.25) is 4.79 Å². The van der Waals surface area contributed by atoms with Crippen LogP contribution in [0.4, 0.5) is 15.8 Å². The Kier molecular flexibility index (Phi) is 5.81. The van der Waals surface area contributed by atoms with Crippen LogP contribution in [0.3, 0.4) is 0 Å². The highest BCUT2D eigenvalue weighted by Gasteiger charge is 2.18. The third-order valence-electron chi connectivity index (χ3n) is 4.63. The summed E-state index contributed by atoms with van der Waals surface area (Å²) in [6.07, 6.45) is 4.91. The highest BCUT2D eigenvalue weighted by atomic mass is 35.5. The lowest BCUT2D eigenvalue weighted by atomic mass is 10.2. The minimum absolute atomic E-state index is 0. The number of amides is 1. The minimum atomic E-state index is -0.467. The van der Waals surface area contributed by atoms with Crippen molar-refractivity contribution in [2.24, 2.45) is 0 Å². The summed E-state index contributed by atoms with van der Waals surface area (Å²) >= 11 is 0. The van der Waals surface area contributed by atoms with Gasteiger partial charge in [-0.25, -0.2) is 14.4 Å². The molecule has 0 aliphatic carbocycles. The summed E-state index contributed by atoms with van der Waals surface area (Å²) in [7, 11) is 0. The van der Waals surface area contributed by atoms with Crippen LogP contribution < -0.4 is 15.5 Å². The number of halogens is 2. The number of carbonyl (C=O) groups excluding carboxylic acids is 1. The molecule has 1 atom stereocenters. The van der Waals surface area contributed by atoms with Crippen LogP contribution in [0.1, 0.15) is 23.1 Å². The molecule has 1 aromatic carbocycles. The Labute approximate surface area is 168 Å². The summed E-state index contributed by atoms with van der Waals surface area (Å²) in [5.41, 5.74) is 2.63. The van der Waals surface area contributed by atoms with E-state index >= 15 is 0 Å². The summed E-state index contributed by atoms with van der Waals surface area (Å²) in [4.78, 5) is 23.0. The van der Waals surface area contributed by atoms with E-state index in [9.17, 15) is 9.18 Å². The van der Waals surface area contributed by atoms with Crippen LogP contribution >= 0.6 is 12.4 Å². The predicted octanol–water partition coefficient (Wildman–Crippen LogP) is 2.65. The zero-order chi connectivity index (χ0) is 19.0. The molecule has 3 aromatic rings. The molecule has 28 heavy (non-hydrogen) atoms. The second kappa shape index (κ2) is 8.12. The molecule has 1 unspecified atom stereocenters. The zero-order valence-corrected chi connectivity index (χ0v) is 16.5. The molecule has 0 radical (unpaired) electrons. The number of aromatic nitrogens is 3. The van der Waals surface area contributed by atoms with Gasteiger partial charge in [-0.05, 0) is 32.0 Å². The summed E-state index contributed by atoms with van der Waals surface area (Å²) in [6, 6.07) is 5.24. The van der Waals surface area contributed by atoms with E-state index in [2.05, 4.69) is 32.4 Å². The summed E-state index contributed by atoms with van der Waals surface area (Å²) in [5, 5.41) is 5.96. The van der Waals surface area contributed by atoms with Gasteiger partial charge in [0.15, 0.2) is 5.65 Å². The van der Waals surface area contributed by atoms with Crippen molar-refractivity contribution in [3.05, 3.63) is 54.0 Å². The second-order valence-corrected chi connectivity index (χ2v) is 6.84. The Morgan fingerprint density at radius 3 is 2.93 bits per heavy atom. The molecule has 1 aliphatic heterocycles. The lowest BCUT2D eigenvalue weighted by Crippen LogP contribution is -2.49. The Bertz CT molecular complexity index is 1010. The van der Waals surface area contributed by atoms with Crippen molar-refractivity contribution < 1.29 is 9.18 Å². The maximum Gasteiger partial charge on any atom is 0.275 e. The number of piperazine rings is 1. The van der Waals surface area contributed by atoms with Gasteiger partial charge in [-0.1, -0.05) is 0 Å². The molecule has 4 rings (SSSR count). The fourth-order valence-corrected chi connectivity index (χ4v) is 3.30. The number of benzene rings is 1. The molecule has 9 heteroatoms. The summed E-state index contributed by atoms with van der Waals surface area (Å²) in [6.45, 7) is 6.47. The smallest absolute Gasteiger partial charge is 0.275 e. The number of imidazole rings is 1. The predicted molar refractivity (Wildman–Crippen MR) is 109 cm³/mol. The van der Waals surface area contributed by atoms with E-state index in [-0.39, 0.29) is 23.8 Å². The van der Waals surface area contributed by atoms with Crippen LogP contribution in [0, 0.1) is 12.7 Å². The topological polar surface area (TPSA) is 74.6 Å². The molecule has 0 spiro atoms. The molecule has 2 aromatic heterocycles. The van der Waals surface area contributed by atoms with Gasteiger partial charge >= 0.3 is 0 Å². The van der Waals surface area contributed by atoms with Gasteiger partial charge in [0.2, 0.25) is 0 Å². The number of rotatable bonds is 3. The fraction of sp³-hybridized carbons (Fsp3) is 0.316. The quantitative estimate of drug-likeness (QED) is 0.702. The number of hydrogen-bond donors (Lipinski definition) is 2. The zero-order valence-electron chi connectivity index (χ0n) is 15.6.